The van der Waals surface area contributed by atoms with Crippen molar-refractivity contribution in [2.24, 2.45) is 0 Å². The second-order valence-corrected chi connectivity index (χ2v) is 5.90. The number of methoxy groups -OCH3 is 1. The van der Waals surface area contributed by atoms with Crippen LogP contribution in [-0.4, -0.2) is 26.1 Å². The number of carbonyl (C=O) groups is 1. The molecule has 0 atom stereocenters. The van der Waals surface area contributed by atoms with Gasteiger partial charge in [0.25, 0.3) is 0 Å². The van der Waals surface area contributed by atoms with Gasteiger partial charge in [0.05, 0.1) is 29.9 Å². The molecule has 2 rings (SSSR count). The smallest absolute Gasteiger partial charge is 0.416 e. The molecule has 4 nitrogen and oxygen atoms in total. The third kappa shape index (κ3) is 5.84. The van der Waals surface area contributed by atoms with Gasteiger partial charge >= 0.3 is 6.18 Å². The highest BCUT2D eigenvalue weighted by atomic mass is 35.5. The Morgan fingerprint density at radius 3 is 2.65 bits per heavy atom. The molecule has 8 heteroatoms. The summed E-state index contributed by atoms with van der Waals surface area (Å²) in [6.07, 6.45) is -3.87. The molecule has 1 amide bonds. The maximum absolute atomic E-state index is 12.7. The Morgan fingerprint density at radius 2 is 1.96 bits per heavy atom. The van der Waals surface area contributed by atoms with E-state index in [0.29, 0.717) is 13.0 Å². The number of nitrogens with one attached hydrogen (secondary N) is 2. The molecule has 0 bridgehead atoms. The van der Waals surface area contributed by atoms with Gasteiger partial charge in [-0.25, -0.2) is 0 Å². The molecule has 0 saturated carbocycles. The van der Waals surface area contributed by atoms with Crippen LogP contribution in [0.1, 0.15) is 11.1 Å². The van der Waals surface area contributed by atoms with Gasteiger partial charge in [-0.2, -0.15) is 13.2 Å². The summed E-state index contributed by atoms with van der Waals surface area (Å²) >= 11 is 5.87. The molecule has 26 heavy (non-hydrogen) atoms. The van der Waals surface area contributed by atoms with Crippen LogP contribution >= 0.6 is 11.6 Å². The van der Waals surface area contributed by atoms with Gasteiger partial charge in [-0.1, -0.05) is 23.7 Å². The number of benzene rings is 2. The summed E-state index contributed by atoms with van der Waals surface area (Å²) in [6.45, 7) is 0.211. The predicted molar refractivity (Wildman–Crippen MR) is 94.7 cm³/mol. The molecule has 0 spiro atoms. The Bertz CT molecular complexity index is 766. The van der Waals surface area contributed by atoms with Gasteiger partial charge in [0, 0.05) is 6.54 Å². The van der Waals surface area contributed by atoms with Gasteiger partial charge < -0.3 is 15.4 Å². The average Bonchev–Trinajstić information content (AvgIpc) is 2.60. The number of hydrogen-bond donors (Lipinski definition) is 2. The van der Waals surface area contributed by atoms with E-state index in [2.05, 4.69) is 10.6 Å². The quantitative estimate of drug-likeness (QED) is 0.752. The van der Waals surface area contributed by atoms with E-state index in [4.69, 9.17) is 16.3 Å². The molecular weight excluding hydrogens is 369 g/mol. The third-order valence-electron chi connectivity index (χ3n) is 3.60. The van der Waals surface area contributed by atoms with E-state index in [1.54, 1.807) is 7.11 Å². The van der Waals surface area contributed by atoms with Gasteiger partial charge in [-0.05, 0) is 42.3 Å². The lowest BCUT2D eigenvalue weighted by Gasteiger charge is -2.12. The zero-order valence-corrected chi connectivity index (χ0v) is 14.7. The Morgan fingerprint density at radius 1 is 1.19 bits per heavy atom. The highest BCUT2D eigenvalue weighted by Crippen LogP contribution is 2.33. The first-order chi connectivity index (χ1) is 12.3. The second kappa shape index (κ2) is 8.80. The van der Waals surface area contributed by atoms with Crippen molar-refractivity contribution in [3.63, 3.8) is 0 Å². The van der Waals surface area contributed by atoms with E-state index in [0.717, 1.165) is 29.5 Å². The van der Waals surface area contributed by atoms with Crippen molar-refractivity contribution in [3.8, 4) is 5.75 Å². The molecular formula is C18H18ClF3N2O2. The monoisotopic (exact) mass is 386 g/mol. The van der Waals surface area contributed by atoms with E-state index in [-0.39, 0.29) is 23.2 Å². The molecule has 0 aromatic heterocycles. The van der Waals surface area contributed by atoms with E-state index < -0.39 is 11.7 Å². The number of carbonyl (C=O) groups excluding carboxylic acids is 1. The van der Waals surface area contributed by atoms with Crippen molar-refractivity contribution < 1.29 is 22.7 Å². The Hall–Kier alpha value is -2.41. The lowest BCUT2D eigenvalue weighted by atomic mass is 10.1. The van der Waals surface area contributed by atoms with Crippen LogP contribution in [0.3, 0.4) is 0 Å². The van der Waals surface area contributed by atoms with Crippen LogP contribution in [0.25, 0.3) is 0 Å². The van der Waals surface area contributed by atoms with Gasteiger partial charge in [0.15, 0.2) is 0 Å². The fourth-order valence-corrected chi connectivity index (χ4v) is 2.43. The Labute approximate surface area is 154 Å². The van der Waals surface area contributed by atoms with E-state index >= 15 is 0 Å². The number of halogens is 4. The first kappa shape index (κ1) is 19.9. The first-order valence-electron chi connectivity index (χ1n) is 7.80. The molecule has 0 saturated heterocycles. The predicted octanol–water partition coefficient (Wildman–Crippen LogP) is 4.14. The van der Waals surface area contributed by atoms with Gasteiger partial charge in [0.2, 0.25) is 5.91 Å². The summed E-state index contributed by atoms with van der Waals surface area (Å²) < 4.78 is 43.3. The summed E-state index contributed by atoms with van der Waals surface area (Å²) in [5.41, 5.74) is 0.228. The van der Waals surface area contributed by atoms with Crippen LogP contribution in [0.2, 0.25) is 5.02 Å². The lowest BCUT2D eigenvalue weighted by Crippen LogP contribution is -2.31. The lowest BCUT2D eigenvalue weighted by molar-refractivity contribution is -0.137. The molecule has 0 heterocycles. The summed E-state index contributed by atoms with van der Waals surface area (Å²) in [7, 11) is 1.57. The van der Waals surface area contributed by atoms with Crippen LogP contribution in [0, 0.1) is 0 Å². The van der Waals surface area contributed by atoms with Crippen LogP contribution in [0.5, 0.6) is 5.75 Å². The molecule has 2 N–H and O–H groups in total. The molecule has 0 aliphatic carbocycles. The zero-order chi connectivity index (χ0) is 19.2. The average molecular weight is 387 g/mol. The van der Waals surface area contributed by atoms with Crippen LogP contribution < -0.4 is 15.4 Å². The number of ether oxygens (including phenoxy) is 1. The zero-order valence-electron chi connectivity index (χ0n) is 14.0. The van der Waals surface area contributed by atoms with Crippen molar-refractivity contribution in [2.75, 3.05) is 25.5 Å². The van der Waals surface area contributed by atoms with Gasteiger partial charge in [-0.15, -0.1) is 0 Å². The van der Waals surface area contributed by atoms with Gasteiger partial charge in [0.1, 0.15) is 5.75 Å². The van der Waals surface area contributed by atoms with Crippen molar-refractivity contribution in [3.05, 3.63) is 58.6 Å². The minimum absolute atomic E-state index is 0.0597. The summed E-state index contributed by atoms with van der Waals surface area (Å²) in [5, 5.41) is 5.44. The fourth-order valence-electron chi connectivity index (χ4n) is 2.25. The van der Waals surface area contributed by atoms with Crippen molar-refractivity contribution in [2.45, 2.75) is 12.6 Å². The minimum atomic E-state index is -4.47. The Balaban J connectivity index is 1.83. The van der Waals surface area contributed by atoms with Crippen LogP contribution in [0.15, 0.2) is 42.5 Å². The highest BCUT2D eigenvalue weighted by Gasteiger charge is 2.30. The fraction of sp³-hybridized carbons (Fsp3) is 0.278. The molecule has 2 aromatic rings. The molecule has 0 aliphatic rings. The molecule has 140 valence electrons. The summed E-state index contributed by atoms with van der Waals surface area (Å²) in [5.74, 6) is 0.385. The van der Waals surface area contributed by atoms with Crippen LogP contribution in [-0.2, 0) is 17.4 Å². The molecule has 0 unspecified atom stereocenters. The number of anilines is 1. The second-order valence-electron chi connectivity index (χ2n) is 5.50. The molecule has 0 radical (unpaired) electrons. The SMILES string of the molecule is COc1cccc(CCNC(=O)CNc2cc(C(F)(F)F)ccc2Cl)c1. The largest absolute Gasteiger partial charge is 0.497 e. The number of amides is 1. The van der Waals surface area contributed by atoms with Crippen LogP contribution in [0.4, 0.5) is 18.9 Å². The normalized spacial score (nSPS) is 11.1. The maximum atomic E-state index is 12.7. The minimum Gasteiger partial charge on any atom is -0.497 e. The molecule has 0 fully saturated rings. The standard InChI is InChI=1S/C18H18ClF3N2O2/c1-26-14-4-2-3-12(9-14)7-8-23-17(25)11-24-16-10-13(18(20,21)22)5-6-15(16)19/h2-6,9-10,24H,7-8,11H2,1H3,(H,23,25). The van der Waals surface area contributed by atoms with Crippen molar-refractivity contribution >= 4 is 23.2 Å². The first-order valence-corrected chi connectivity index (χ1v) is 8.17. The number of hydrogen-bond acceptors (Lipinski definition) is 3. The maximum Gasteiger partial charge on any atom is 0.416 e. The van der Waals surface area contributed by atoms with E-state index in [9.17, 15) is 18.0 Å². The molecule has 2 aromatic carbocycles. The Kier molecular flexibility index (Phi) is 6.74. The third-order valence-corrected chi connectivity index (χ3v) is 3.93. The van der Waals surface area contributed by atoms with E-state index in [1.807, 2.05) is 24.3 Å². The highest BCUT2D eigenvalue weighted by molar-refractivity contribution is 6.33. The van der Waals surface area contributed by atoms with Crippen molar-refractivity contribution in [1.29, 1.82) is 0 Å². The summed E-state index contributed by atoms with van der Waals surface area (Å²) in [6, 6.07) is 10.4. The van der Waals surface area contributed by atoms with Gasteiger partial charge in [-0.3, -0.25) is 4.79 Å². The molecule has 0 aliphatic heterocycles. The number of rotatable bonds is 7. The topological polar surface area (TPSA) is 50.4 Å². The van der Waals surface area contributed by atoms with Crippen molar-refractivity contribution in [1.82, 2.24) is 5.32 Å². The summed E-state index contributed by atoms with van der Waals surface area (Å²) in [4.78, 5) is 11.9. The van der Waals surface area contributed by atoms with E-state index in [1.165, 1.54) is 0 Å². The number of alkyl halides is 3.